The summed E-state index contributed by atoms with van der Waals surface area (Å²) in [7, 11) is 0. The van der Waals surface area contributed by atoms with Crippen LogP contribution in [0.3, 0.4) is 0 Å². The van der Waals surface area contributed by atoms with Gasteiger partial charge in [0, 0.05) is 23.5 Å². The van der Waals surface area contributed by atoms with Gasteiger partial charge in [0.05, 0.1) is 5.54 Å². The number of anilines is 2. The third-order valence-corrected chi connectivity index (χ3v) is 5.66. The van der Waals surface area contributed by atoms with Gasteiger partial charge in [0.15, 0.2) is 0 Å². The van der Waals surface area contributed by atoms with Crippen LogP contribution in [0.1, 0.15) is 49.9 Å². The maximum absolute atomic E-state index is 12.7. The normalized spacial score (nSPS) is 15.2. The number of allylic oxidation sites excluding steroid dienone is 1. The second-order valence-corrected chi connectivity index (χ2v) is 8.44. The average molecular weight is 400 g/mol. The minimum absolute atomic E-state index is 0.0542. The van der Waals surface area contributed by atoms with Crippen LogP contribution < -0.4 is 10.2 Å². The molecule has 0 saturated heterocycles. The molecule has 2 aromatic rings. The van der Waals surface area contributed by atoms with Crippen LogP contribution in [0, 0.1) is 25.2 Å². The van der Waals surface area contributed by atoms with E-state index in [0.29, 0.717) is 5.69 Å². The highest BCUT2D eigenvalue weighted by Crippen LogP contribution is 2.40. The topological polar surface area (TPSA) is 56.1 Å². The van der Waals surface area contributed by atoms with Crippen molar-refractivity contribution in [3.8, 4) is 6.07 Å². The summed E-state index contributed by atoms with van der Waals surface area (Å²) in [6, 6.07) is 13.8. The number of fused-ring (bicyclic) bond motifs is 1. The van der Waals surface area contributed by atoms with Crippen molar-refractivity contribution in [2.24, 2.45) is 0 Å². The molecule has 30 heavy (non-hydrogen) atoms. The Labute approximate surface area is 179 Å². The van der Waals surface area contributed by atoms with Crippen molar-refractivity contribution in [3.63, 3.8) is 0 Å². The van der Waals surface area contributed by atoms with E-state index in [4.69, 9.17) is 0 Å². The highest BCUT2D eigenvalue weighted by atomic mass is 16.1. The number of benzene rings is 2. The van der Waals surface area contributed by atoms with Gasteiger partial charge in [-0.05, 0) is 88.6 Å². The molecule has 154 valence electrons. The molecule has 2 aromatic carbocycles. The van der Waals surface area contributed by atoms with Crippen LogP contribution >= 0.6 is 0 Å². The van der Waals surface area contributed by atoms with Crippen molar-refractivity contribution in [3.05, 3.63) is 70.3 Å². The summed E-state index contributed by atoms with van der Waals surface area (Å²) >= 11 is 0. The van der Waals surface area contributed by atoms with Crippen LogP contribution in [0.2, 0.25) is 0 Å². The van der Waals surface area contributed by atoms with Crippen molar-refractivity contribution in [1.82, 2.24) is 0 Å². The molecule has 4 nitrogen and oxygen atoms in total. The summed E-state index contributed by atoms with van der Waals surface area (Å²) < 4.78 is 0. The lowest BCUT2D eigenvalue weighted by Gasteiger charge is -2.43. The Bertz CT molecular complexity index is 1080. The molecule has 1 N–H and O–H groups in total. The molecule has 1 heterocycles. The zero-order valence-electron chi connectivity index (χ0n) is 18.6. The molecule has 0 fully saturated rings. The molecule has 0 radical (unpaired) electrons. The van der Waals surface area contributed by atoms with Gasteiger partial charge >= 0.3 is 0 Å². The van der Waals surface area contributed by atoms with Crippen molar-refractivity contribution in [1.29, 1.82) is 5.26 Å². The molecule has 0 bridgehead atoms. The molecule has 0 saturated carbocycles. The summed E-state index contributed by atoms with van der Waals surface area (Å²) in [5.74, 6) is -0.401. The monoisotopic (exact) mass is 399 g/mol. The van der Waals surface area contributed by atoms with Crippen molar-refractivity contribution in [2.45, 2.75) is 47.1 Å². The molecule has 0 atom stereocenters. The van der Waals surface area contributed by atoms with Gasteiger partial charge in [-0.1, -0.05) is 23.8 Å². The molecule has 0 unspecified atom stereocenters. The molecule has 0 spiro atoms. The van der Waals surface area contributed by atoms with Crippen LogP contribution in [0.25, 0.3) is 11.6 Å². The molecule has 1 aliphatic rings. The van der Waals surface area contributed by atoms with E-state index >= 15 is 0 Å². The first kappa shape index (κ1) is 21.4. The summed E-state index contributed by atoms with van der Waals surface area (Å²) in [6.07, 6.45) is 3.96. The molecular formula is C26H29N3O. The van der Waals surface area contributed by atoms with E-state index in [0.717, 1.165) is 28.8 Å². The molecular weight excluding hydrogens is 370 g/mol. The lowest BCUT2D eigenvalue weighted by atomic mass is 9.86. The van der Waals surface area contributed by atoms with E-state index < -0.39 is 5.91 Å². The number of hydrogen-bond donors (Lipinski definition) is 1. The SMILES string of the molecule is CCN1c2cc(C)c(/C=C(\C#N)C(=O)Nc3ccc(C)cc3)cc2C(C)=CC1(C)C. The lowest BCUT2D eigenvalue weighted by molar-refractivity contribution is -0.112. The standard InChI is InChI=1S/C26H29N3O/c1-7-29-24-12-18(3)20(14-23(24)19(4)15-26(29,5)6)13-21(16-27)25(30)28-22-10-8-17(2)9-11-22/h8-15H,7H2,1-6H3,(H,28,30)/b21-13+. The van der Waals surface area contributed by atoms with Gasteiger partial charge in [-0.15, -0.1) is 0 Å². The Hall–Kier alpha value is -3.32. The van der Waals surface area contributed by atoms with E-state index in [-0.39, 0.29) is 11.1 Å². The van der Waals surface area contributed by atoms with E-state index in [9.17, 15) is 10.1 Å². The fourth-order valence-electron chi connectivity index (χ4n) is 4.12. The Morgan fingerprint density at radius 3 is 2.43 bits per heavy atom. The third-order valence-electron chi connectivity index (χ3n) is 5.66. The van der Waals surface area contributed by atoms with Crippen LogP contribution in [-0.4, -0.2) is 18.0 Å². The fraction of sp³-hybridized carbons (Fsp3) is 0.308. The van der Waals surface area contributed by atoms with Crippen molar-refractivity contribution < 1.29 is 4.79 Å². The first-order chi connectivity index (χ1) is 14.2. The number of carbonyl (C=O) groups excluding carboxylic acids is 1. The Morgan fingerprint density at radius 1 is 1.17 bits per heavy atom. The Morgan fingerprint density at radius 2 is 1.83 bits per heavy atom. The van der Waals surface area contributed by atoms with Gasteiger partial charge in [-0.2, -0.15) is 5.26 Å². The van der Waals surface area contributed by atoms with Crippen LogP contribution in [0.4, 0.5) is 11.4 Å². The number of hydrogen-bond acceptors (Lipinski definition) is 3. The quantitative estimate of drug-likeness (QED) is 0.517. The zero-order valence-corrected chi connectivity index (χ0v) is 18.6. The molecule has 3 rings (SSSR count). The third kappa shape index (κ3) is 4.16. The number of amides is 1. The van der Waals surface area contributed by atoms with E-state index in [2.05, 4.69) is 62.2 Å². The van der Waals surface area contributed by atoms with E-state index in [1.807, 2.05) is 38.1 Å². The van der Waals surface area contributed by atoms with Gasteiger partial charge in [-0.3, -0.25) is 4.79 Å². The largest absolute Gasteiger partial charge is 0.363 e. The highest BCUT2D eigenvalue weighted by molar-refractivity contribution is 6.09. The number of nitrogens with one attached hydrogen (secondary N) is 1. The molecule has 4 heteroatoms. The minimum Gasteiger partial charge on any atom is -0.363 e. The molecule has 0 aromatic heterocycles. The maximum atomic E-state index is 12.7. The number of nitriles is 1. The number of nitrogens with zero attached hydrogens (tertiary/aromatic N) is 2. The van der Waals surface area contributed by atoms with Crippen LogP contribution in [0.5, 0.6) is 0 Å². The zero-order chi connectivity index (χ0) is 22.1. The van der Waals surface area contributed by atoms with Gasteiger partial charge < -0.3 is 10.2 Å². The van der Waals surface area contributed by atoms with Crippen LogP contribution in [-0.2, 0) is 4.79 Å². The number of rotatable bonds is 4. The lowest BCUT2D eigenvalue weighted by Crippen LogP contribution is -2.44. The predicted molar refractivity (Wildman–Crippen MR) is 125 cm³/mol. The maximum Gasteiger partial charge on any atom is 0.266 e. The number of likely N-dealkylation sites (N-methyl/N-ethyl adjacent to an activating group) is 1. The number of aryl methyl sites for hydroxylation is 2. The summed E-state index contributed by atoms with van der Waals surface area (Å²) in [4.78, 5) is 15.0. The predicted octanol–water partition coefficient (Wildman–Crippen LogP) is 5.87. The first-order valence-corrected chi connectivity index (χ1v) is 10.3. The summed E-state index contributed by atoms with van der Waals surface area (Å²) in [5.41, 5.74) is 7.28. The number of carbonyl (C=O) groups is 1. The first-order valence-electron chi connectivity index (χ1n) is 10.3. The van der Waals surface area contributed by atoms with Crippen molar-refractivity contribution in [2.75, 3.05) is 16.8 Å². The summed E-state index contributed by atoms with van der Waals surface area (Å²) in [6.45, 7) is 13.6. The van der Waals surface area contributed by atoms with E-state index in [1.165, 1.54) is 11.3 Å². The second kappa shape index (κ2) is 8.20. The van der Waals surface area contributed by atoms with Gasteiger partial charge in [0.1, 0.15) is 11.6 Å². The van der Waals surface area contributed by atoms with Crippen molar-refractivity contribution >= 4 is 28.9 Å². The smallest absolute Gasteiger partial charge is 0.266 e. The van der Waals surface area contributed by atoms with Gasteiger partial charge in [-0.25, -0.2) is 0 Å². The molecule has 0 aliphatic carbocycles. The molecule has 1 amide bonds. The van der Waals surface area contributed by atoms with E-state index in [1.54, 1.807) is 6.08 Å². The average Bonchev–Trinajstić information content (AvgIpc) is 2.68. The minimum atomic E-state index is -0.401. The Balaban J connectivity index is 1.98. The highest BCUT2D eigenvalue weighted by Gasteiger charge is 2.30. The molecule has 1 aliphatic heterocycles. The Kier molecular flexibility index (Phi) is 5.85. The second-order valence-electron chi connectivity index (χ2n) is 8.44. The summed E-state index contributed by atoms with van der Waals surface area (Å²) in [5, 5.41) is 12.4. The fourth-order valence-corrected chi connectivity index (χ4v) is 4.12. The van der Waals surface area contributed by atoms with Gasteiger partial charge in [0.25, 0.3) is 5.91 Å². The van der Waals surface area contributed by atoms with Crippen LogP contribution in [0.15, 0.2) is 48.0 Å². The van der Waals surface area contributed by atoms with Gasteiger partial charge in [0.2, 0.25) is 0 Å².